The van der Waals surface area contributed by atoms with E-state index in [2.05, 4.69) is 21.5 Å². The molecule has 0 atom stereocenters. The van der Waals surface area contributed by atoms with E-state index in [1.165, 1.54) is 12.1 Å². The van der Waals surface area contributed by atoms with Crippen molar-refractivity contribution in [2.45, 2.75) is 11.8 Å². The molecule has 170 valence electrons. The summed E-state index contributed by atoms with van der Waals surface area (Å²) in [5.74, 6) is -1.67. The van der Waals surface area contributed by atoms with Gasteiger partial charge in [0.25, 0.3) is 0 Å². The molecule has 0 fully saturated rings. The van der Waals surface area contributed by atoms with Crippen LogP contribution in [0.2, 0.25) is 0 Å². The smallest absolute Gasteiger partial charge is 0.226 e. The summed E-state index contributed by atoms with van der Waals surface area (Å²) in [5, 5.41) is 19.5. The third-order valence-corrected chi connectivity index (χ3v) is 5.86. The van der Waals surface area contributed by atoms with E-state index < -0.39 is 27.2 Å². The highest BCUT2D eigenvalue weighted by Crippen LogP contribution is 2.33. The van der Waals surface area contributed by atoms with Gasteiger partial charge in [-0.25, -0.2) is 27.8 Å². The molecule has 0 aliphatic carbocycles. The highest BCUT2D eigenvalue weighted by Gasteiger charge is 2.23. The summed E-state index contributed by atoms with van der Waals surface area (Å²) in [6.07, 6.45) is 1.01. The first kappa shape index (κ1) is 23.4. The Morgan fingerprint density at radius 1 is 1.22 bits per heavy atom. The largest absolute Gasteiger partial charge is 0.506 e. The van der Waals surface area contributed by atoms with Gasteiger partial charge in [-0.3, -0.25) is 0 Å². The first-order valence-corrected chi connectivity index (χ1v) is 11.5. The van der Waals surface area contributed by atoms with Crippen LogP contribution >= 0.6 is 0 Å². The fourth-order valence-corrected chi connectivity index (χ4v) is 3.91. The molecule has 2 heterocycles. The number of nitrogens with zero attached hydrogens (tertiary/aromatic N) is 4. The lowest BCUT2D eigenvalue weighted by Crippen LogP contribution is -2.29. The van der Waals surface area contributed by atoms with Gasteiger partial charge < -0.3 is 19.8 Å². The Kier molecular flexibility index (Phi) is 6.60. The van der Waals surface area contributed by atoms with Gasteiger partial charge in [-0.05, 0) is 31.2 Å². The van der Waals surface area contributed by atoms with Gasteiger partial charge in [0.2, 0.25) is 5.95 Å². The number of halogens is 1. The summed E-state index contributed by atoms with van der Waals surface area (Å²) in [5.41, 5.74) is 0.343. The molecule has 0 bridgehead atoms. The van der Waals surface area contributed by atoms with Crippen LogP contribution in [0.3, 0.4) is 0 Å². The van der Waals surface area contributed by atoms with Gasteiger partial charge in [0.15, 0.2) is 21.4 Å². The number of benzene rings is 1. The summed E-state index contributed by atoms with van der Waals surface area (Å²) in [6, 6.07) is 4.84. The van der Waals surface area contributed by atoms with Crippen molar-refractivity contribution in [2.24, 2.45) is 0 Å². The third kappa shape index (κ3) is 4.63. The number of fused-ring (bicyclic) bond motifs is 1. The minimum absolute atomic E-state index is 0.0156. The predicted molar refractivity (Wildman–Crippen MR) is 119 cm³/mol. The Labute approximate surface area is 184 Å². The Morgan fingerprint density at radius 3 is 2.50 bits per heavy atom. The SMILES string of the molecule is C=C(O)c1cc(S(C)(=O)=O)c2nc(N(CC)CCOC)nc(-c3ccc(O)c(F)c3)c2n1. The van der Waals surface area contributed by atoms with Crippen molar-refractivity contribution in [1.29, 1.82) is 0 Å². The fourth-order valence-electron chi connectivity index (χ4n) is 3.09. The summed E-state index contributed by atoms with van der Waals surface area (Å²) < 4.78 is 44.4. The normalized spacial score (nSPS) is 11.6. The number of hydrogen-bond donors (Lipinski definition) is 2. The highest BCUT2D eigenvalue weighted by molar-refractivity contribution is 7.91. The van der Waals surface area contributed by atoms with Crippen LogP contribution in [0.4, 0.5) is 10.3 Å². The lowest BCUT2D eigenvalue weighted by molar-refractivity contribution is 0.205. The zero-order valence-corrected chi connectivity index (χ0v) is 18.6. The molecule has 3 aromatic rings. The Balaban J connectivity index is 2.45. The average molecular weight is 463 g/mol. The van der Waals surface area contributed by atoms with Gasteiger partial charge in [-0.1, -0.05) is 6.58 Å². The molecule has 3 rings (SSSR count). The van der Waals surface area contributed by atoms with E-state index in [9.17, 15) is 23.0 Å². The van der Waals surface area contributed by atoms with Gasteiger partial charge in [0, 0.05) is 32.0 Å². The van der Waals surface area contributed by atoms with Crippen LogP contribution in [-0.4, -0.2) is 66.6 Å². The van der Waals surface area contributed by atoms with Crippen molar-refractivity contribution < 1.29 is 27.8 Å². The second kappa shape index (κ2) is 9.05. The number of rotatable bonds is 8. The monoisotopic (exact) mass is 462 g/mol. The Hall–Kier alpha value is -3.31. The van der Waals surface area contributed by atoms with Crippen molar-refractivity contribution in [2.75, 3.05) is 38.0 Å². The number of aromatic nitrogens is 3. The maximum Gasteiger partial charge on any atom is 0.226 e. The maximum absolute atomic E-state index is 14.1. The molecule has 0 spiro atoms. The topological polar surface area (TPSA) is 126 Å². The molecule has 0 aliphatic rings. The lowest BCUT2D eigenvalue weighted by Gasteiger charge is -2.22. The highest BCUT2D eigenvalue weighted by atomic mass is 32.2. The van der Waals surface area contributed by atoms with E-state index in [1.54, 1.807) is 12.0 Å². The summed E-state index contributed by atoms with van der Waals surface area (Å²) in [7, 11) is -2.25. The number of hydrogen-bond acceptors (Lipinski definition) is 9. The van der Waals surface area contributed by atoms with E-state index in [-0.39, 0.29) is 38.8 Å². The van der Waals surface area contributed by atoms with Crippen LogP contribution in [0.5, 0.6) is 5.75 Å². The quantitative estimate of drug-likeness (QED) is 0.486. The fraction of sp³-hybridized carbons (Fsp3) is 0.286. The van der Waals surface area contributed by atoms with Crippen LogP contribution in [0.1, 0.15) is 12.6 Å². The van der Waals surface area contributed by atoms with Crippen LogP contribution < -0.4 is 4.90 Å². The Morgan fingerprint density at radius 2 is 1.94 bits per heavy atom. The molecular formula is C21H23FN4O5S. The van der Waals surface area contributed by atoms with E-state index >= 15 is 0 Å². The molecule has 0 saturated heterocycles. The van der Waals surface area contributed by atoms with Crippen molar-refractivity contribution in [3.63, 3.8) is 0 Å². The molecular weight excluding hydrogens is 439 g/mol. The van der Waals surface area contributed by atoms with E-state index in [0.717, 1.165) is 18.4 Å². The first-order chi connectivity index (χ1) is 15.1. The predicted octanol–water partition coefficient (Wildman–Crippen LogP) is 2.94. The number of aromatic hydroxyl groups is 1. The number of ether oxygens (including phenoxy) is 1. The van der Waals surface area contributed by atoms with Crippen LogP contribution in [0.15, 0.2) is 35.7 Å². The first-order valence-electron chi connectivity index (χ1n) is 9.60. The van der Waals surface area contributed by atoms with Gasteiger partial charge in [0.05, 0.1) is 11.5 Å². The molecule has 2 aromatic heterocycles. The Bertz CT molecular complexity index is 1300. The number of aliphatic hydroxyl groups is 1. The molecule has 0 unspecified atom stereocenters. The van der Waals surface area contributed by atoms with Crippen molar-refractivity contribution >= 4 is 32.6 Å². The summed E-state index contributed by atoms with van der Waals surface area (Å²) in [4.78, 5) is 14.9. The number of pyridine rings is 1. The van der Waals surface area contributed by atoms with E-state index in [4.69, 9.17) is 4.74 Å². The van der Waals surface area contributed by atoms with Crippen molar-refractivity contribution in [1.82, 2.24) is 15.0 Å². The third-order valence-electron chi connectivity index (χ3n) is 4.75. The molecule has 0 amide bonds. The second-order valence-electron chi connectivity index (χ2n) is 7.03. The number of anilines is 1. The minimum atomic E-state index is -3.81. The second-order valence-corrected chi connectivity index (χ2v) is 9.02. The molecule has 0 saturated carbocycles. The lowest BCUT2D eigenvalue weighted by atomic mass is 10.1. The number of sulfone groups is 1. The standard InChI is InChI=1S/C21H23FN4O5S/c1-5-26(8-9-31-3)21-24-18(13-6-7-16(28)14(22)10-13)20-19(25-21)17(32(4,29)30)11-15(23-20)12(2)27/h6-7,10-11,27-28H,2,5,8-9H2,1,3-4H3. The molecule has 11 heteroatoms. The zero-order valence-electron chi connectivity index (χ0n) is 17.8. The van der Waals surface area contributed by atoms with Gasteiger partial charge in [-0.2, -0.15) is 0 Å². The minimum Gasteiger partial charge on any atom is -0.506 e. The van der Waals surface area contributed by atoms with E-state index in [0.29, 0.717) is 19.7 Å². The number of likely N-dealkylation sites (N-methyl/N-ethyl adjacent to an activating group) is 1. The number of methoxy groups -OCH3 is 1. The van der Waals surface area contributed by atoms with E-state index in [1.807, 2.05) is 6.92 Å². The van der Waals surface area contributed by atoms with Crippen molar-refractivity contribution in [3.05, 3.63) is 42.4 Å². The number of aliphatic hydroxyl groups excluding tert-OH is 1. The summed E-state index contributed by atoms with van der Waals surface area (Å²) in [6.45, 7) is 6.58. The van der Waals surface area contributed by atoms with Gasteiger partial charge in [0.1, 0.15) is 28.2 Å². The number of phenols is 1. The van der Waals surface area contributed by atoms with Gasteiger partial charge in [-0.15, -0.1) is 0 Å². The molecule has 0 aliphatic heterocycles. The van der Waals surface area contributed by atoms with Crippen LogP contribution in [0, 0.1) is 5.82 Å². The molecule has 1 aromatic carbocycles. The van der Waals surface area contributed by atoms with Crippen LogP contribution in [-0.2, 0) is 14.6 Å². The van der Waals surface area contributed by atoms with Crippen molar-refractivity contribution in [3.8, 4) is 17.0 Å². The molecule has 2 N–H and O–H groups in total. The van der Waals surface area contributed by atoms with Crippen LogP contribution in [0.25, 0.3) is 28.0 Å². The number of phenolic OH excluding ortho intramolecular Hbond substituents is 1. The zero-order chi connectivity index (χ0) is 23.6. The molecule has 0 radical (unpaired) electrons. The van der Waals surface area contributed by atoms with Gasteiger partial charge >= 0.3 is 0 Å². The summed E-state index contributed by atoms with van der Waals surface area (Å²) >= 11 is 0. The maximum atomic E-state index is 14.1. The molecule has 9 nitrogen and oxygen atoms in total. The average Bonchev–Trinajstić information content (AvgIpc) is 2.74. The molecule has 32 heavy (non-hydrogen) atoms.